The number of pyridine rings is 1. The van der Waals surface area contributed by atoms with Crippen molar-refractivity contribution in [1.29, 1.82) is 0 Å². The van der Waals surface area contributed by atoms with Crippen LogP contribution < -0.4 is 10.9 Å². The van der Waals surface area contributed by atoms with Crippen LogP contribution >= 0.6 is 11.3 Å². The van der Waals surface area contributed by atoms with Crippen LogP contribution in [0.1, 0.15) is 58.8 Å². The van der Waals surface area contributed by atoms with Gasteiger partial charge in [-0.05, 0) is 88.1 Å². The van der Waals surface area contributed by atoms with Gasteiger partial charge in [-0.2, -0.15) is 0 Å². The molecule has 0 saturated carbocycles. The lowest BCUT2D eigenvalue weighted by Gasteiger charge is -2.19. The minimum atomic E-state index is -0.205. The molecule has 6 rings (SSSR count). The number of aryl methyl sites for hydroxylation is 1. The molecule has 1 atom stereocenters. The van der Waals surface area contributed by atoms with Crippen LogP contribution in [0.4, 0.5) is 5.69 Å². The minimum Gasteiger partial charge on any atom is -0.381 e. The Bertz CT molecular complexity index is 1550. The van der Waals surface area contributed by atoms with Crippen molar-refractivity contribution in [3.63, 3.8) is 0 Å². The second-order valence-electron chi connectivity index (χ2n) is 10.8. The normalized spacial score (nSPS) is 16.4. The number of rotatable bonds is 10. The Kier molecular flexibility index (Phi) is 7.27. The number of hydrogen-bond acceptors (Lipinski definition) is 6. The molecule has 3 aromatic heterocycles. The first-order valence-corrected chi connectivity index (χ1v) is 14.9. The molecule has 9 heteroatoms. The predicted octanol–water partition coefficient (Wildman–Crippen LogP) is 5.03. The molecule has 1 saturated heterocycles. The lowest BCUT2D eigenvalue weighted by atomic mass is 10.1. The Hall–Kier alpha value is -3.43. The molecule has 3 N–H and O–H groups in total. The molecule has 2 aliphatic heterocycles. The average Bonchev–Trinajstić information content (AvgIpc) is 3.71. The molecule has 0 radical (unpaired) electrons. The second kappa shape index (κ2) is 11.0. The van der Waals surface area contributed by atoms with Crippen molar-refractivity contribution in [3.05, 3.63) is 67.8 Å². The van der Waals surface area contributed by atoms with Gasteiger partial charge in [0.15, 0.2) is 0 Å². The highest BCUT2D eigenvalue weighted by Crippen LogP contribution is 2.30. The number of nitrogens with zero attached hydrogens (tertiary/aromatic N) is 3. The van der Waals surface area contributed by atoms with E-state index in [4.69, 9.17) is 4.98 Å². The highest BCUT2D eigenvalue weighted by Gasteiger charge is 2.28. The van der Waals surface area contributed by atoms with Crippen molar-refractivity contribution in [2.75, 3.05) is 31.5 Å². The van der Waals surface area contributed by atoms with E-state index in [1.165, 1.54) is 35.7 Å². The molecule has 2 aliphatic rings. The summed E-state index contributed by atoms with van der Waals surface area (Å²) < 4.78 is 0. The van der Waals surface area contributed by atoms with E-state index in [9.17, 15) is 9.59 Å². The number of aromatic amines is 2. The zero-order valence-corrected chi connectivity index (χ0v) is 23.5. The van der Waals surface area contributed by atoms with E-state index in [2.05, 4.69) is 46.2 Å². The van der Waals surface area contributed by atoms with E-state index in [1.54, 1.807) is 6.20 Å². The number of H-pyrrole nitrogens is 2. The molecular formula is C30H36N6O2S. The van der Waals surface area contributed by atoms with Crippen molar-refractivity contribution < 1.29 is 4.79 Å². The first-order chi connectivity index (χ1) is 19.0. The van der Waals surface area contributed by atoms with Gasteiger partial charge in [0, 0.05) is 47.1 Å². The number of carbonyl (C=O) groups excluding carboxylic acids is 1. The highest BCUT2D eigenvalue weighted by atomic mass is 32.1. The number of imidazole rings is 1. The van der Waals surface area contributed by atoms with E-state index >= 15 is 0 Å². The average molecular weight is 545 g/mol. The number of nitrogens with one attached hydrogen (secondary N) is 3. The molecule has 8 nitrogen and oxygen atoms in total. The summed E-state index contributed by atoms with van der Waals surface area (Å²) in [5.74, 6) is 0.580. The van der Waals surface area contributed by atoms with Crippen LogP contribution in [0.15, 0.2) is 41.3 Å². The lowest BCUT2D eigenvalue weighted by molar-refractivity contribution is 0.0772. The van der Waals surface area contributed by atoms with Gasteiger partial charge in [0.2, 0.25) is 0 Å². The fraction of sp³-hybridized carbons (Fsp3) is 0.433. The summed E-state index contributed by atoms with van der Waals surface area (Å²) in [5.41, 5.74) is 4.29. The van der Waals surface area contributed by atoms with E-state index < -0.39 is 0 Å². The minimum absolute atomic E-state index is 0.0754. The molecule has 0 spiro atoms. The van der Waals surface area contributed by atoms with Gasteiger partial charge >= 0.3 is 0 Å². The molecule has 0 aliphatic carbocycles. The quantitative estimate of drug-likeness (QED) is 0.260. The largest absolute Gasteiger partial charge is 0.381 e. The molecule has 1 aromatic carbocycles. The fourth-order valence-corrected chi connectivity index (χ4v) is 6.93. The molecule has 4 aromatic rings. The number of thiophene rings is 1. The Morgan fingerprint density at radius 2 is 1.92 bits per heavy atom. The van der Waals surface area contributed by atoms with E-state index in [1.807, 2.05) is 34.4 Å². The van der Waals surface area contributed by atoms with Gasteiger partial charge in [0.25, 0.3) is 11.5 Å². The maximum absolute atomic E-state index is 13.2. The number of hydrogen-bond donors (Lipinski definition) is 3. The summed E-state index contributed by atoms with van der Waals surface area (Å²) in [5, 5.41) is 3.53. The van der Waals surface area contributed by atoms with Crippen molar-refractivity contribution in [2.45, 2.75) is 58.5 Å². The van der Waals surface area contributed by atoms with Gasteiger partial charge in [-0.15, -0.1) is 11.3 Å². The van der Waals surface area contributed by atoms with E-state index in [0.29, 0.717) is 23.4 Å². The Morgan fingerprint density at radius 1 is 1.10 bits per heavy atom. The maximum atomic E-state index is 13.2. The van der Waals surface area contributed by atoms with Crippen LogP contribution in [0.3, 0.4) is 0 Å². The van der Waals surface area contributed by atoms with E-state index in [0.717, 1.165) is 54.7 Å². The van der Waals surface area contributed by atoms with Crippen LogP contribution in [0.5, 0.6) is 0 Å². The maximum Gasteiger partial charge on any atom is 0.261 e. The van der Waals surface area contributed by atoms with Crippen molar-refractivity contribution in [1.82, 2.24) is 24.8 Å². The van der Waals surface area contributed by atoms with Gasteiger partial charge in [-0.25, -0.2) is 4.98 Å². The molecule has 1 amide bonds. The molecule has 204 valence electrons. The Labute approximate surface area is 232 Å². The molecule has 5 heterocycles. The van der Waals surface area contributed by atoms with E-state index in [-0.39, 0.29) is 17.5 Å². The second-order valence-corrected chi connectivity index (χ2v) is 12.1. The Morgan fingerprint density at radius 3 is 2.72 bits per heavy atom. The van der Waals surface area contributed by atoms with Crippen LogP contribution in [-0.2, 0) is 19.4 Å². The molecule has 1 unspecified atom stereocenters. The molecule has 0 bridgehead atoms. The third-order valence-corrected chi connectivity index (χ3v) is 9.11. The van der Waals surface area contributed by atoms with Crippen LogP contribution in [0.25, 0.3) is 22.4 Å². The summed E-state index contributed by atoms with van der Waals surface area (Å²) in [4.78, 5) is 44.2. The molecular weight excluding hydrogens is 508 g/mol. The van der Waals surface area contributed by atoms with Gasteiger partial charge in [0.1, 0.15) is 11.4 Å². The zero-order chi connectivity index (χ0) is 26.9. The van der Waals surface area contributed by atoms with Crippen LogP contribution in [0.2, 0.25) is 0 Å². The summed E-state index contributed by atoms with van der Waals surface area (Å²) in [6, 6.07) is 10.3. The first-order valence-electron chi connectivity index (χ1n) is 14.1. The SMILES string of the molecule is CCc1ccc(CC(C)Nc2cc[nH]c(=O)c2-c2nc3cc4c(cc3[nH]2)CN(CCCN2CCCC2)C4=O)s1. The Balaban J connectivity index is 1.19. The zero-order valence-electron chi connectivity index (χ0n) is 22.7. The van der Waals surface area contributed by atoms with Crippen LogP contribution in [-0.4, -0.2) is 62.9 Å². The highest BCUT2D eigenvalue weighted by molar-refractivity contribution is 7.12. The molecule has 1 fully saturated rings. The number of fused-ring (bicyclic) bond motifs is 2. The predicted molar refractivity (Wildman–Crippen MR) is 158 cm³/mol. The van der Waals surface area contributed by atoms with Crippen LogP contribution in [0, 0.1) is 0 Å². The van der Waals surface area contributed by atoms with Crippen molar-refractivity contribution in [2.24, 2.45) is 0 Å². The van der Waals surface area contributed by atoms with Gasteiger partial charge in [0.05, 0.1) is 16.7 Å². The third kappa shape index (κ3) is 5.38. The number of aromatic nitrogens is 3. The fourth-order valence-electron chi connectivity index (χ4n) is 5.84. The smallest absolute Gasteiger partial charge is 0.261 e. The van der Waals surface area contributed by atoms with Gasteiger partial charge < -0.3 is 25.1 Å². The number of benzene rings is 1. The van der Waals surface area contributed by atoms with Gasteiger partial charge in [-0.1, -0.05) is 6.92 Å². The summed E-state index contributed by atoms with van der Waals surface area (Å²) in [7, 11) is 0. The standard InChI is InChI=1S/C30H36N6O2S/c1-3-21-7-8-22(39-21)15-19(2)32-24-9-10-31-29(37)27(24)28-33-25-16-20-18-36(14-6-13-35-11-4-5-12-35)30(38)23(20)17-26(25)34-28/h7-10,16-17,19H,3-6,11-15,18H2,1-2H3,(H,33,34)(H2,31,32,37). The lowest BCUT2D eigenvalue weighted by Crippen LogP contribution is -2.29. The summed E-state index contributed by atoms with van der Waals surface area (Å²) in [6.07, 6.45) is 7.15. The number of anilines is 1. The van der Waals surface area contributed by atoms with Crippen molar-refractivity contribution >= 4 is 34.0 Å². The third-order valence-electron chi connectivity index (χ3n) is 7.86. The number of carbonyl (C=O) groups is 1. The number of amides is 1. The summed E-state index contributed by atoms with van der Waals surface area (Å²) >= 11 is 1.84. The molecule has 39 heavy (non-hydrogen) atoms. The summed E-state index contributed by atoms with van der Waals surface area (Å²) in [6.45, 7) is 9.11. The monoisotopic (exact) mass is 544 g/mol. The van der Waals surface area contributed by atoms with Gasteiger partial charge in [-0.3, -0.25) is 9.59 Å². The number of likely N-dealkylation sites (tertiary alicyclic amines) is 1. The van der Waals surface area contributed by atoms with Crippen molar-refractivity contribution in [3.8, 4) is 11.4 Å². The first kappa shape index (κ1) is 25.8. The topological polar surface area (TPSA) is 97.1 Å².